The molecular weight excluding hydrogens is 176 g/mol. The van der Waals surface area contributed by atoms with Crippen LogP contribution in [0.5, 0.6) is 0 Å². The first-order valence-electron chi connectivity index (χ1n) is 3.55. The molecule has 0 aliphatic rings. The summed E-state index contributed by atoms with van der Waals surface area (Å²) in [5.74, 6) is 0. The highest BCUT2D eigenvalue weighted by molar-refractivity contribution is 6.29. The van der Waals surface area contributed by atoms with Crippen LogP contribution in [-0.4, -0.2) is 15.1 Å². The van der Waals surface area contributed by atoms with Crippen molar-refractivity contribution in [2.45, 2.75) is 6.61 Å². The number of nitrogens with zero attached hydrogens (tertiary/aromatic N) is 1. The van der Waals surface area contributed by atoms with Gasteiger partial charge in [0.05, 0.1) is 17.6 Å². The molecule has 0 saturated heterocycles. The van der Waals surface area contributed by atoms with Gasteiger partial charge in [-0.2, -0.15) is 0 Å². The van der Waals surface area contributed by atoms with Crippen molar-refractivity contribution >= 4 is 22.6 Å². The van der Waals surface area contributed by atoms with Gasteiger partial charge in [0, 0.05) is 5.56 Å². The third kappa shape index (κ3) is 1.07. The summed E-state index contributed by atoms with van der Waals surface area (Å²) >= 11 is 5.66. The molecule has 2 aromatic rings. The van der Waals surface area contributed by atoms with Crippen LogP contribution in [0.25, 0.3) is 11.0 Å². The first kappa shape index (κ1) is 7.58. The van der Waals surface area contributed by atoms with Crippen LogP contribution < -0.4 is 0 Å². The smallest absolute Gasteiger partial charge is 0.201 e. The van der Waals surface area contributed by atoms with E-state index in [0.717, 1.165) is 16.6 Å². The molecule has 1 heterocycles. The zero-order valence-corrected chi connectivity index (χ0v) is 6.97. The van der Waals surface area contributed by atoms with Gasteiger partial charge in [-0.15, -0.1) is 0 Å². The number of para-hydroxylation sites is 1. The number of nitrogens with one attached hydrogen (secondary N) is 1. The van der Waals surface area contributed by atoms with E-state index < -0.39 is 0 Å². The van der Waals surface area contributed by atoms with Crippen molar-refractivity contribution in [2.75, 3.05) is 0 Å². The predicted molar refractivity (Wildman–Crippen MR) is 47.0 cm³/mol. The molecule has 1 aromatic carbocycles. The van der Waals surface area contributed by atoms with Gasteiger partial charge in [0.25, 0.3) is 0 Å². The molecule has 0 radical (unpaired) electrons. The molecular formula is C8H7ClN2O. The van der Waals surface area contributed by atoms with Crippen molar-refractivity contribution in [3.8, 4) is 0 Å². The second-order valence-corrected chi connectivity index (χ2v) is 2.86. The fourth-order valence-corrected chi connectivity index (χ4v) is 1.38. The maximum Gasteiger partial charge on any atom is 0.201 e. The van der Waals surface area contributed by atoms with Crippen LogP contribution in [0.3, 0.4) is 0 Å². The van der Waals surface area contributed by atoms with E-state index in [1.54, 1.807) is 0 Å². The van der Waals surface area contributed by atoms with Crippen molar-refractivity contribution in [3.63, 3.8) is 0 Å². The molecule has 2 rings (SSSR count). The highest BCUT2D eigenvalue weighted by Gasteiger charge is 2.03. The topological polar surface area (TPSA) is 48.9 Å². The number of benzene rings is 1. The van der Waals surface area contributed by atoms with Gasteiger partial charge in [-0.25, -0.2) is 4.98 Å². The zero-order chi connectivity index (χ0) is 8.55. The SMILES string of the molecule is OCc1cccc2[nH]c(Cl)nc12. The Morgan fingerprint density at radius 3 is 3.08 bits per heavy atom. The van der Waals surface area contributed by atoms with Gasteiger partial charge in [-0.3, -0.25) is 0 Å². The number of hydrogen-bond acceptors (Lipinski definition) is 2. The van der Waals surface area contributed by atoms with Gasteiger partial charge in [0.1, 0.15) is 0 Å². The summed E-state index contributed by atoms with van der Waals surface area (Å²) in [6, 6.07) is 5.54. The van der Waals surface area contributed by atoms with E-state index in [9.17, 15) is 0 Å². The van der Waals surface area contributed by atoms with E-state index in [1.807, 2.05) is 18.2 Å². The number of aromatic amines is 1. The lowest BCUT2D eigenvalue weighted by atomic mass is 10.2. The Morgan fingerprint density at radius 1 is 1.50 bits per heavy atom. The van der Waals surface area contributed by atoms with Crippen LogP contribution in [0, 0.1) is 0 Å². The van der Waals surface area contributed by atoms with Crippen LogP contribution in [0.15, 0.2) is 18.2 Å². The molecule has 1 aromatic heterocycles. The molecule has 0 amide bonds. The Balaban J connectivity index is 2.78. The highest BCUT2D eigenvalue weighted by atomic mass is 35.5. The molecule has 0 bridgehead atoms. The van der Waals surface area contributed by atoms with E-state index >= 15 is 0 Å². The Morgan fingerprint density at radius 2 is 2.33 bits per heavy atom. The fraction of sp³-hybridized carbons (Fsp3) is 0.125. The molecule has 0 fully saturated rings. The number of halogens is 1. The van der Waals surface area contributed by atoms with E-state index in [4.69, 9.17) is 16.7 Å². The van der Waals surface area contributed by atoms with Gasteiger partial charge in [-0.05, 0) is 17.7 Å². The molecule has 0 spiro atoms. The molecule has 2 N–H and O–H groups in total. The Labute approximate surface area is 74.0 Å². The second kappa shape index (κ2) is 2.77. The van der Waals surface area contributed by atoms with E-state index in [0.29, 0.717) is 5.28 Å². The van der Waals surface area contributed by atoms with Crippen LogP contribution in [0.1, 0.15) is 5.56 Å². The molecule has 12 heavy (non-hydrogen) atoms. The third-order valence-electron chi connectivity index (χ3n) is 1.74. The second-order valence-electron chi connectivity index (χ2n) is 2.50. The lowest BCUT2D eigenvalue weighted by Crippen LogP contribution is -1.83. The first-order valence-corrected chi connectivity index (χ1v) is 3.93. The minimum atomic E-state index is -0.0154. The average molecular weight is 183 g/mol. The van der Waals surface area contributed by atoms with Gasteiger partial charge in [0.15, 0.2) is 0 Å². The van der Waals surface area contributed by atoms with Gasteiger partial charge < -0.3 is 10.1 Å². The maximum atomic E-state index is 8.95. The fourth-order valence-electron chi connectivity index (χ4n) is 1.19. The summed E-state index contributed by atoms with van der Waals surface area (Å²) < 4.78 is 0. The summed E-state index contributed by atoms with van der Waals surface area (Å²) in [4.78, 5) is 6.91. The lowest BCUT2D eigenvalue weighted by Gasteiger charge is -1.94. The summed E-state index contributed by atoms with van der Waals surface area (Å²) in [5.41, 5.74) is 2.38. The lowest BCUT2D eigenvalue weighted by molar-refractivity contribution is 0.283. The predicted octanol–water partition coefficient (Wildman–Crippen LogP) is 1.71. The number of fused-ring (bicyclic) bond motifs is 1. The number of H-pyrrole nitrogens is 1. The Hall–Kier alpha value is -1.06. The Kier molecular flexibility index (Phi) is 1.75. The van der Waals surface area contributed by atoms with Gasteiger partial charge in [-0.1, -0.05) is 12.1 Å². The number of rotatable bonds is 1. The van der Waals surface area contributed by atoms with Crippen LogP contribution >= 0.6 is 11.6 Å². The van der Waals surface area contributed by atoms with Crippen LogP contribution in [0.2, 0.25) is 5.28 Å². The Bertz CT molecular complexity index is 410. The quantitative estimate of drug-likeness (QED) is 0.706. The van der Waals surface area contributed by atoms with Crippen molar-refractivity contribution in [1.82, 2.24) is 9.97 Å². The van der Waals surface area contributed by atoms with Gasteiger partial charge >= 0.3 is 0 Å². The van der Waals surface area contributed by atoms with E-state index in [1.165, 1.54) is 0 Å². The monoisotopic (exact) mass is 182 g/mol. The minimum Gasteiger partial charge on any atom is -0.392 e. The zero-order valence-electron chi connectivity index (χ0n) is 6.21. The van der Waals surface area contributed by atoms with Crippen LogP contribution in [-0.2, 0) is 6.61 Å². The largest absolute Gasteiger partial charge is 0.392 e. The van der Waals surface area contributed by atoms with E-state index in [-0.39, 0.29) is 6.61 Å². The van der Waals surface area contributed by atoms with Crippen molar-refractivity contribution in [1.29, 1.82) is 0 Å². The molecule has 0 aliphatic heterocycles. The summed E-state index contributed by atoms with van der Waals surface area (Å²) in [5, 5.41) is 9.30. The number of imidazole rings is 1. The third-order valence-corrected chi connectivity index (χ3v) is 1.92. The minimum absolute atomic E-state index is 0.0154. The number of aromatic nitrogens is 2. The average Bonchev–Trinajstić information content (AvgIpc) is 2.44. The molecule has 0 atom stereocenters. The van der Waals surface area contributed by atoms with Crippen molar-refractivity contribution in [2.24, 2.45) is 0 Å². The summed E-state index contributed by atoms with van der Waals surface area (Å²) in [7, 11) is 0. The normalized spacial score (nSPS) is 10.8. The standard InChI is InChI=1S/C8H7ClN2O/c9-8-10-6-3-1-2-5(4-12)7(6)11-8/h1-3,12H,4H2,(H,10,11). The van der Waals surface area contributed by atoms with E-state index in [2.05, 4.69) is 9.97 Å². The molecule has 0 unspecified atom stereocenters. The summed E-state index contributed by atoms with van der Waals surface area (Å²) in [6.45, 7) is -0.0154. The summed E-state index contributed by atoms with van der Waals surface area (Å²) in [6.07, 6.45) is 0. The van der Waals surface area contributed by atoms with Crippen LogP contribution in [0.4, 0.5) is 0 Å². The van der Waals surface area contributed by atoms with Crippen molar-refractivity contribution in [3.05, 3.63) is 29.0 Å². The maximum absolute atomic E-state index is 8.95. The molecule has 0 aliphatic carbocycles. The molecule has 62 valence electrons. The number of hydrogen-bond donors (Lipinski definition) is 2. The molecule has 3 nitrogen and oxygen atoms in total. The van der Waals surface area contributed by atoms with Crippen molar-refractivity contribution < 1.29 is 5.11 Å². The number of aliphatic hydroxyl groups excluding tert-OH is 1. The van der Waals surface area contributed by atoms with Gasteiger partial charge in [0.2, 0.25) is 5.28 Å². The molecule has 0 saturated carbocycles. The number of aliphatic hydroxyl groups is 1. The highest BCUT2D eigenvalue weighted by Crippen LogP contribution is 2.18. The first-order chi connectivity index (χ1) is 5.81. The molecule has 4 heteroatoms.